The number of aliphatic hydroxyl groups is 2. The first-order chi connectivity index (χ1) is 6.59. The van der Waals surface area contributed by atoms with Crippen molar-refractivity contribution in [3.8, 4) is 0 Å². The number of anilines is 2. The molecule has 0 aliphatic carbocycles. The van der Waals surface area contributed by atoms with Crippen molar-refractivity contribution in [1.29, 1.82) is 0 Å². The van der Waals surface area contributed by atoms with Crippen molar-refractivity contribution in [3.63, 3.8) is 0 Å². The fourth-order valence-electron chi connectivity index (χ4n) is 1.36. The fraction of sp³-hybridized carbons (Fsp3) is 0.111. The topological polar surface area (TPSA) is 64.5 Å². The molecule has 0 amide bonds. The molecular formula is C9H9IN2O2. The van der Waals surface area contributed by atoms with E-state index in [1.165, 1.54) is 0 Å². The Labute approximate surface area is 94.8 Å². The van der Waals surface area contributed by atoms with E-state index in [9.17, 15) is 0 Å². The predicted octanol–water partition coefficient (Wildman–Crippen LogP) is 2.68. The number of rotatable bonds is 0. The van der Waals surface area contributed by atoms with Gasteiger partial charge in [0.25, 0.3) is 0 Å². The lowest BCUT2D eigenvalue weighted by molar-refractivity contribution is 0.186. The average molecular weight is 304 g/mol. The van der Waals surface area contributed by atoms with Crippen LogP contribution in [0.4, 0.5) is 11.4 Å². The highest BCUT2D eigenvalue weighted by atomic mass is 127. The van der Waals surface area contributed by atoms with Gasteiger partial charge in [0.1, 0.15) is 0 Å². The fourth-order valence-corrected chi connectivity index (χ4v) is 1.94. The largest absolute Gasteiger partial charge is 0.478 e. The molecule has 14 heavy (non-hydrogen) atoms. The maximum Gasteiger partial charge on any atom is 0.317 e. The van der Waals surface area contributed by atoms with Gasteiger partial charge in [-0.3, -0.25) is 0 Å². The molecule has 1 aliphatic heterocycles. The summed E-state index contributed by atoms with van der Waals surface area (Å²) in [6.45, 7) is 1.96. The minimum atomic E-state index is -0.726. The third-order valence-corrected chi connectivity index (χ3v) is 2.99. The van der Waals surface area contributed by atoms with Gasteiger partial charge in [-0.05, 0) is 41.1 Å². The summed E-state index contributed by atoms with van der Waals surface area (Å²) < 4.78 is 1.03. The smallest absolute Gasteiger partial charge is 0.317 e. The highest BCUT2D eigenvalue weighted by Gasteiger charge is 2.21. The molecule has 0 bridgehead atoms. The number of aliphatic hydroxyl groups excluding tert-OH is 1. The van der Waals surface area contributed by atoms with Gasteiger partial charge < -0.3 is 20.8 Å². The molecule has 0 saturated carbocycles. The molecule has 0 fully saturated rings. The van der Waals surface area contributed by atoms with Crippen LogP contribution in [0.5, 0.6) is 0 Å². The van der Waals surface area contributed by atoms with E-state index in [0.717, 1.165) is 20.5 Å². The first-order valence-corrected chi connectivity index (χ1v) is 5.13. The Morgan fingerprint density at radius 1 is 1.21 bits per heavy atom. The molecular weight excluding hydrogens is 295 g/mol. The third-order valence-electron chi connectivity index (χ3n) is 2.09. The van der Waals surface area contributed by atoms with Crippen LogP contribution >= 0.6 is 22.6 Å². The molecule has 0 unspecified atom stereocenters. The number of fused-ring (bicyclic) bond motifs is 1. The van der Waals surface area contributed by atoms with Gasteiger partial charge in [-0.2, -0.15) is 0 Å². The maximum atomic E-state index is 8.91. The Hall–Kier alpha value is -1.11. The van der Waals surface area contributed by atoms with Crippen LogP contribution in [0.25, 0.3) is 0 Å². The molecule has 5 heteroatoms. The zero-order chi connectivity index (χ0) is 10.3. The van der Waals surface area contributed by atoms with Gasteiger partial charge in [0.05, 0.1) is 11.4 Å². The van der Waals surface area contributed by atoms with Crippen molar-refractivity contribution in [2.24, 2.45) is 0 Å². The van der Waals surface area contributed by atoms with Crippen LogP contribution in [-0.4, -0.2) is 10.2 Å². The zero-order valence-corrected chi connectivity index (χ0v) is 9.58. The summed E-state index contributed by atoms with van der Waals surface area (Å²) in [6, 6.07) is 3.95. The Balaban J connectivity index is 2.54. The summed E-state index contributed by atoms with van der Waals surface area (Å²) in [7, 11) is 0. The lowest BCUT2D eigenvalue weighted by atomic mass is 10.2. The summed E-state index contributed by atoms with van der Waals surface area (Å²) in [5.74, 6) is -0.497. The molecule has 1 heterocycles. The number of hydrogen-bond acceptors (Lipinski definition) is 4. The second-order valence-corrected chi connectivity index (χ2v) is 4.23. The standard InChI is InChI=1S/C9H9IN2O2/c1-4-2-3-5(10)7-6(4)11-8(12-7)9(13)14/h2-3,11-14H,1H3. The molecule has 4 N–H and O–H groups in total. The normalized spacial score (nSPS) is 13.1. The van der Waals surface area contributed by atoms with Crippen LogP contribution in [0, 0.1) is 10.5 Å². The number of halogens is 1. The average Bonchev–Trinajstić information content (AvgIpc) is 2.57. The molecule has 0 saturated heterocycles. The number of aryl methyl sites for hydroxylation is 1. The summed E-state index contributed by atoms with van der Waals surface area (Å²) in [4.78, 5) is 0. The second kappa shape index (κ2) is 3.23. The van der Waals surface area contributed by atoms with Crippen molar-refractivity contribution in [2.75, 3.05) is 10.6 Å². The molecule has 1 aromatic carbocycles. The summed E-state index contributed by atoms with van der Waals surface area (Å²) >= 11 is 2.19. The predicted molar refractivity (Wildman–Crippen MR) is 63.4 cm³/mol. The van der Waals surface area contributed by atoms with Crippen molar-refractivity contribution in [1.82, 2.24) is 0 Å². The highest BCUT2D eigenvalue weighted by molar-refractivity contribution is 14.1. The van der Waals surface area contributed by atoms with E-state index in [2.05, 4.69) is 33.2 Å². The van der Waals surface area contributed by atoms with Crippen LogP contribution in [0.3, 0.4) is 0 Å². The first kappa shape index (κ1) is 9.45. The molecule has 4 nitrogen and oxygen atoms in total. The van der Waals surface area contributed by atoms with Crippen LogP contribution in [0.15, 0.2) is 23.9 Å². The van der Waals surface area contributed by atoms with E-state index >= 15 is 0 Å². The molecule has 0 aromatic heterocycles. The molecule has 0 atom stereocenters. The monoisotopic (exact) mass is 304 g/mol. The minimum absolute atomic E-state index is 0.229. The second-order valence-electron chi connectivity index (χ2n) is 3.06. The molecule has 2 rings (SSSR count). The van der Waals surface area contributed by atoms with E-state index < -0.39 is 5.95 Å². The summed E-state index contributed by atoms with van der Waals surface area (Å²) in [6.07, 6.45) is 0. The third kappa shape index (κ3) is 1.37. The first-order valence-electron chi connectivity index (χ1n) is 4.05. The van der Waals surface area contributed by atoms with E-state index in [0.29, 0.717) is 0 Å². The number of benzene rings is 1. The van der Waals surface area contributed by atoms with E-state index in [-0.39, 0.29) is 5.82 Å². The molecule has 74 valence electrons. The lowest BCUT2D eigenvalue weighted by Crippen LogP contribution is -2.03. The minimum Gasteiger partial charge on any atom is -0.478 e. The molecule has 1 aliphatic rings. The molecule has 0 spiro atoms. The van der Waals surface area contributed by atoms with E-state index in [1.54, 1.807) is 0 Å². The van der Waals surface area contributed by atoms with E-state index in [4.69, 9.17) is 10.2 Å². The quantitative estimate of drug-likeness (QED) is 0.439. The van der Waals surface area contributed by atoms with Crippen LogP contribution in [0.1, 0.15) is 5.56 Å². The van der Waals surface area contributed by atoms with Gasteiger partial charge in [-0.25, -0.2) is 0 Å². The molecule has 0 radical (unpaired) electrons. The van der Waals surface area contributed by atoms with Gasteiger partial charge in [0.2, 0.25) is 0 Å². The summed E-state index contributed by atoms with van der Waals surface area (Å²) in [5.41, 5.74) is 2.85. The Bertz CT molecular complexity index is 392. The Morgan fingerprint density at radius 2 is 1.86 bits per heavy atom. The van der Waals surface area contributed by atoms with Crippen LogP contribution in [0.2, 0.25) is 0 Å². The maximum absolute atomic E-state index is 8.91. The van der Waals surface area contributed by atoms with Crippen molar-refractivity contribution in [2.45, 2.75) is 6.92 Å². The summed E-state index contributed by atoms with van der Waals surface area (Å²) in [5, 5.41) is 23.6. The number of hydrogen-bond donors (Lipinski definition) is 4. The van der Waals surface area contributed by atoms with Crippen LogP contribution < -0.4 is 10.6 Å². The van der Waals surface area contributed by atoms with Gasteiger partial charge in [0, 0.05) is 3.57 Å². The van der Waals surface area contributed by atoms with Crippen LogP contribution in [-0.2, 0) is 0 Å². The van der Waals surface area contributed by atoms with Crippen molar-refractivity contribution in [3.05, 3.63) is 33.0 Å². The van der Waals surface area contributed by atoms with Gasteiger partial charge in [-0.15, -0.1) is 0 Å². The van der Waals surface area contributed by atoms with Gasteiger partial charge in [0.15, 0.2) is 5.82 Å². The van der Waals surface area contributed by atoms with Crippen molar-refractivity contribution >= 4 is 34.0 Å². The van der Waals surface area contributed by atoms with Gasteiger partial charge in [-0.1, -0.05) is 6.07 Å². The SMILES string of the molecule is Cc1ccc(I)c2c1NC(=C(O)O)N2. The lowest BCUT2D eigenvalue weighted by Gasteiger charge is -2.03. The number of nitrogens with one attached hydrogen (secondary N) is 2. The van der Waals surface area contributed by atoms with Crippen molar-refractivity contribution < 1.29 is 10.2 Å². The van der Waals surface area contributed by atoms with Gasteiger partial charge >= 0.3 is 5.95 Å². The zero-order valence-electron chi connectivity index (χ0n) is 7.43. The Kier molecular flexibility index (Phi) is 2.18. The molecule has 1 aromatic rings. The highest BCUT2D eigenvalue weighted by Crippen LogP contribution is 2.37. The Morgan fingerprint density at radius 3 is 2.43 bits per heavy atom. The van der Waals surface area contributed by atoms with E-state index in [1.807, 2.05) is 19.1 Å².